The minimum atomic E-state index is -0.382. The van der Waals surface area contributed by atoms with Gasteiger partial charge in [-0.15, -0.1) is 0 Å². The summed E-state index contributed by atoms with van der Waals surface area (Å²) in [5.41, 5.74) is 0.853. The number of rotatable bonds is 8. The number of unbranched alkanes of at least 4 members (excludes halogenated alkanes) is 1. The maximum absolute atomic E-state index is 11.9. The lowest BCUT2D eigenvalue weighted by molar-refractivity contribution is -0.141. The molecule has 1 rings (SSSR count). The van der Waals surface area contributed by atoms with Crippen LogP contribution in [-0.2, 0) is 14.3 Å². The molecule has 5 heteroatoms. The van der Waals surface area contributed by atoms with Gasteiger partial charge in [0.25, 0.3) is 0 Å². The lowest BCUT2D eigenvalue weighted by atomic mass is 10.0. The highest BCUT2D eigenvalue weighted by Gasteiger charge is 2.18. The highest BCUT2D eigenvalue weighted by molar-refractivity contribution is 5.78. The highest BCUT2D eigenvalue weighted by Crippen LogP contribution is 2.21. The Morgan fingerprint density at radius 2 is 1.86 bits per heavy atom. The molecule has 1 aromatic carbocycles. The van der Waals surface area contributed by atoms with Crippen molar-refractivity contribution in [3.8, 4) is 5.75 Å². The van der Waals surface area contributed by atoms with E-state index in [9.17, 15) is 9.59 Å². The lowest BCUT2D eigenvalue weighted by Crippen LogP contribution is -2.30. The Balaban J connectivity index is 2.79. The van der Waals surface area contributed by atoms with Crippen molar-refractivity contribution in [2.24, 2.45) is 0 Å². The Labute approximate surface area is 125 Å². The molecule has 1 aromatic rings. The first kappa shape index (κ1) is 17.0. The van der Waals surface area contributed by atoms with Gasteiger partial charge in [0, 0.05) is 6.42 Å². The summed E-state index contributed by atoms with van der Waals surface area (Å²) in [6, 6.07) is 6.90. The van der Waals surface area contributed by atoms with Crippen molar-refractivity contribution >= 4 is 11.9 Å². The Bertz CT molecular complexity index is 456. The van der Waals surface area contributed by atoms with Crippen LogP contribution in [0.2, 0.25) is 0 Å². The molecule has 5 nitrogen and oxygen atoms in total. The van der Waals surface area contributed by atoms with E-state index in [1.54, 1.807) is 19.2 Å². The first-order valence-corrected chi connectivity index (χ1v) is 7.10. The summed E-state index contributed by atoms with van der Waals surface area (Å²) >= 11 is 0. The SMILES string of the molecule is CCCCC(=O)NC(CC(=O)OC)c1ccc(OC)cc1. The molecule has 1 unspecified atom stereocenters. The van der Waals surface area contributed by atoms with Crippen LogP contribution in [0.15, 0.2) is 24.3 Å². The van der Waals surface area contributed by atoms with Crippen molar-refractivity contribution in [3.63, 3.8) is 0 Å². The second kappa shape index (κ2) is 9.00. The first-order chi connectivity index (χ1) is 10.1. The predicted molar refractivity (Wildman–Crippen MR) is 80.0 cm³/mol. The van der Waals surface area contributed by atoms with Gasteiger partial charge >= 0.3 is 5.97 Å². The van der Waals surface area contributed by atoms with Crippen LogP contribution < -0.4 is 10.1 Å². The van der Waals surface area contributed by atoms with Crippen molar-refractivity contribution in [2.45, 2.75) is 38.6 Å². The molecule has 0 aliphatic carbocycles. The molecule has 0 heterocycles. The van der Waals surface area contributed by atoms with Gasteiger partial charge in [0.1, 0.15) is 5.75 Å². The van der Waals surface area contributed by atoms with Crippen LogP contribution in [0.1, 0.15) is 44.2 Å². The number of carbonyl (C=O) groups is 2. The largest absolute Gasteiger partial charge is 0.497 e. The van der Waals surface area contributed by atoms with Crippen LogP contribution in [0.3, 0.4) is 0 Å². The number of benzene rings is 1. The van der Waals surface area contributed by atoms with Crippen LogP contribution in [0.4, 0.5) is 0 Å². The molecule has 0 fully saturated rings. The van der Waals surface area contributed by atoms with Crippen LogP contribution in [0.25, 0.3) is 0 Å². The van der Waals surface area contributed by atoms with Gasteiger partial charge in [0.05, 0.1) is 26.7 Å². The summed E-state index contributed by atoms with van der Waals surface area (Å²) < 4.78 is 9.80. The van der Waals surface area contributed by atoms with Crippen molar-refractivity contribution in [2.75, 3.05) is 14.2 Å². The summed E-state index contributed by atoms with van der Waals surface area (Å²) in [4.78, 5) is 23.4. The third kappa shape index (κ3) is 5.85. The number of ether oxygens (including phenoxy) is 2. The fourth-order valence-corrected chi connectivity index (χ4v) is 1.94. The molecule has 0 radical (unpaired) electrons. The molecule has 0 aliphatic rings. The predicted octanol–water partition coefficient (Wildman–Crippen LogP) is 2.61. The Morgan fingerprint density at radius 3 is 2.38 bits per heavy atom. The number of methoxy groups -OCH3 is 2. The molecule has 0 bridgehead atoms. The van der Waals surface area contributed by atoms with E-state index in [2.05, 4.69) is 5.32 Å². The molecule has 1 amide bonds. The first-order valence-electron chi connectivity index (χ1n) is 7.10. The van der Waals surface area contributed by atoms with Crippen molar-refractivity contribution < 1.29 is 19.1 Å². The average molecular weight is 293 g/mol. The van der Waals surface area contributed by atoms with Crippen molar-refractivity contribution in [1.29, 1.82) is 0 Å². The van der Waals surface area contributed by atoms with E-state index < -0.39 is 0 Å². The average Bonchev–Trinajstić information content (AvgIpc) is 2.52. The van der Waals surface area contributed by atoms with E-state index in [0.717, 1.165) is 24.2 Å². The number of hydrogen-bond acceptors (Lipinski definition) is 4. The zero-order valence-electron chi connectivity index (χ0n) is 12.8. The maximum atomic E-state index is 11.9. The van der Waals surface area contributed by atoms with Gasteiger partial charge in [0.2, 0.25) is 5.91 Å². The maximum Gasteiger partial charge on any atom is 0.307 e. The number of nitrogens with one attached hydrogen (secondary N) is 1. The summed E-state index contributed by atoms with van der Waals surface area (Å²) in [7, 11) is 2.93. The molecule has 21 heavy (non-hydrogen) atoms. The summed E-state index contributed by atoms with van der Waals surface area (Å²) in [5.74, 6) is 0.320. The van der Waals surface area contributed by atoms with Crippen LogP contribution >= 0.6 is 0 Å². The molecule has 0 aromatic heterocycles. The van der Waals surface area contributed by atoms with Crippen LogP contribution in [-0.4, -0.2) is 26.1 Å². The molecular weight excluding hydrogens is 270 g/mol. The van der Waals surface area contributed by atoms with E-state index in [4.69, 9.17) is 9.47 Å². The third-order valence-electron chi connectivity index (χ3n) is 3.21. The molecule has 0 saturated heterocycles. The number of esters is 1. The van der Waals surface area contributed by atoms with E-state index in [-0.39, 0.29) is 24.3 Å². The van der Waals surface area contributed by atoms with Gasteiger partial charge in [-0.05, 0) is 24.1 Å². The topological polar surface area (TPSA) is 64.6 Å². The fourth-order valence-electron chi connectivity index (χ4n) is 1.94. The second-order valence-corrected chi connectivity index (χ2v) is 4.78. The van der Waals surface area contributed by atoms with Crippen molar-refractivity contribution in [1.82, 2.24) is 5.32 Å². The Morgan fingerprint density at radius 1 is 1.19 bits per heavy atom. The molecule has 0 aliphatic heterocycles. The quantitative estimate of drug-likeness (QED) is 0.748. The Hall–Kier alpha value is -2.04. The third-order valence-corrected chi connectivity index (χ3v) is 3.21. The number of hydrogen-bond donors (Lipinski definition) is 1. The highest BCUT2D eigenvalue weighted by atomic mass is 16.5. The minimum Gasteiger partial charge on any atom is -0.497 e. The molecular formula is C16H23NO4. The van der Waals surface area contributed by atoms with E-state index in [1.807, 2.05) is 19.1 Å². The van der Waals surface area contributed by atoms with E-state index in [0.29, 0.717) is 6.42 Å². The monoisotopic (exact) mass is 293 g/mol. The molecule has 1 N–H and O–H groups in total. The molecule has 1 atom stereocenters. The lowest BCUT2D eigenvalue weighted by Gasteiger charge is -2.18. The molecule has 0 spiro atoms. The summed E-state index contributed by atoms with van der Waals surface area (Å²) in [6.07, 6.45) is 2.36. The van der Waals surface area contributed by atoms with Gasteiger partial charge in [0.15, 0.2) is 0 Å². The van der Waals surface area contributed by atoms with E-state index >= 15 is 0 Å². The van der Waals surface area contributed by atoms with Crippen LogP contribution in [0.5, 0.6) is 5.75 Å². The van der Waals surface area contributed by atoms with Gasteiger partial charge in [-0.2, -0.15) is 0 Å². The fraction of sp³-hybridized carbons (Fsp3) is 0.500. The number of carbonyl (C=O) groups excluding carboxylic acids is 2. The summed E-state index contributed by atoms with van der Waals surface area (Å²) in [5, 5.41) is 2.89. The van der Waals surface area contributed by atoms with Gasteiger partial charge in [-0.1, -0.05) is 25.5 Å². The van der Waals surface area contributed by atoms with Crippen molar-refractivity contribution in [3.05, 3.63) is 29.8 Å². The normalized spacial score (nSPS) is 11.6. The minimum absolute atomic E-state index is 0.0541. The number of amides is 1. The zero-order valence-corrected chi connectivity index (χ0v) is 12.8. The van der Waals surface area contributed by atoms with Gasteiger partial charge in [-0.25, -0.2) is 0 Å². The zero-order chi connectivity index (χ0) is 15.7. The molecule has 0 saturated carbocycles. The van der Waals surface area contributed by atoms with Gasteiger partial charge < -0.3 is 14.8 Å². The van der Waals surface area contributed by atoms with Crippen LogP contribution in [0, 0.1) is 0 Å². The smallest absolute Gasteiger partial charge is 0.307 e. The Kier molecular flexibility index (Phi) is 7.29. The van der Waals surface area contributed by atoms with Gasteiger partial charge in [-0.3, -0.25) is 9.59 Å². The summed E-state index contributed by atoms with van der Waals surface area (Å²) in [6.45, 7) is 2.03. The second-order valence-electron chi connectivity index (χ2n) is 4.78. The van der Waals surface area contributed by atoms with E-state index in [1.165, 1.54) is 7.11 Å². The standard InChI is InChI=1S/C16H23NO4/c1-4-5-6-15(18)17-14(11-16(19)21-3)12-7-9-13(20-2)10-8-12/h7-10,14H,4-6,11H2,1-3H3,(H,17,18). The molecule has 116 valence electrons.